The lowest BCUT2D eigenvalue weighted by Gasteiger charge is -2.28. The summed E-state index contributed by atoms with van der Waals surface area (Å²) < 4.78 is 5.57. The molecule has 0 unspecified atom stereocenters. The molecule has 1 heterocycles. The van der Waals surface area contributed by atoms with Crippen LogP contribution in [0.4, 0.5) is 0 Å². The fourth-order valence-corrected chi connectivity index (χ4v) is 4.13. The lowest BCUT2D eigenvalue weighted by molar-refractivity contribution is 0.0962. The molecule has 0 spiro atoms. The Kier molecular flexibility index (Phi) is 6.30. The van der Waals surface area contributed by atoms with Crippen LogP contribution >= 0.6 is 0 Å². The summed E-state index contributed by atoms with van der Waals surface area (Å²) in [5, 5.41) is 29.0. The van der Waals surface area contributed by atoms with Crippen LogP contribution in [-0.2, 0) is 17.4 Å². The quantitative estimate of drug-likeness (QED) is 0.608. The lowest BCUT2D eigenvalue weighted by atomic mass is 9.78. The zero-order chi connectivity index (χ0) is 24.7. The number of ether oxygens (including phenoxy) is 1. The third-order valence-electron chi connectivity index (χ3n) is 5.94. The van der Waals surface area contributed by atoms with Gasteiger partial charge in [-0.25, -0.2) is 0 Å². The fourth-order valence-electron chi connectivity index (χ4n) is 4.13. The Hall–Kier alpha value is -3.33. The minimum absolute atomic E-state index is 0.0390. The average Bonchev–Trinajstić information content (AvgIpc) is 3.00. The zero-order valence-electron chi connectivity index (χ0n) is 20.6. The molecule has 2 aromatic rings. The topological polar surface area (TPSA) is 97.4 Å². The van der Waals surface area contributed by atoms with Gasteiger partial charge in [-0.05, 0) is 47.6 Å². The maximum Gasteiger partial charge on any atom is 0.182 e. The van der Waals surface area contributed by atoms with Gasteiger partial charge in [-0.1, -0.05) is 41.5 Å². The van der Waals surface area contributed by atoms with Gasteiger partial charge in [0.1, 0.15) is 23.4 Å². The second-order valence-electron chi connectivity index (χ2n) is 10.6. The molecule has 0 atom stereocenters. The number of carbonyl (C=O) groups is 1. The van der Waals surface area contributed by atoms with Crippen molar-refractivity contribution in [2.24, 2.45) is 0 Å². The number of benzene rings is 2. The molecule has 33 heavy (non-hydrogen) atoms. The van der Waals surface area contributed by atoms with Crippen LogP contribution in [0.2, 0.25) is 0 Å². The molecule has 0 aliphatic carbocycles. The molecule has 0 fully saturated rings. The van der Waals surface area contributed by atoms with E-state index in [4.69, 9.17) is 10.1 Å². The number of carbonyl (C=O) groups excluding carboxylic acids is 1. The molecular weight excluding hydrogens is 414 g/mol. The Labute approximate surface area is 196 Å². The Bertz CT molecular complexity index is 1130. The Morgan fingerprint density at radius 3 is 2.18 bits per heavy atom. The van der Waals surface area contributed by atoms with Crippen molar-refractivity contribution in [3.8, 4) is 17.6 Å². The Morgan fingerprint density at radius 1 is 1.12 bits per heavy atom. The number of phenolic OH excluding ortho intramolecular Hbond substituents is 1. The molecule has 2 N–H and O–H groups in total. The number of rotatable bonds is 5. The summed E-state index contributed by atoms with van der Waals surface area (Å²) in [7, 11) is 0. The average molecular weight is 448 g/mol. The van der Waals surface area contributed by atoms with E-state index in [0.29, 0.717) is 35.6 Å². The predicted molar refractivity (Wildman–Crippen MR) is 129 cm³/mol. The summed E-state index contributed by atoms with van der Waals surface area (Å²) in [6, 6.07) is 9.15. The highest BCUT2D eigenvalue weighted by molar-refractivity contribution is 6.05. The van der Waals surface area contributed by atoms with E-state index in [1.54, 1.807) is 29.2 Å². The van der Waals surface area contributed by atoms with Crippen molar-refractivity contribution < 1.29 is 14.6 Å². The monoisotopic (exact) mass is 447 g/mol. The minimum Gasteiger partial charge on any atom is -0.507 e. The van der Waals surface area contributed by atoms with Crippen molar-refractivity contribution in [1.82, 2.24) is 4.90 Å². The normalized spacial score (nSPS) is 13.6. The molecule has 0 aromatic heterocycles. The molecule has 174 valence electrons. The summed E-state index contributed by atoms with van der Waals surface area (Å²) in [6.07, 6.45) is 0. The summed E-state index contributed by atoms with van der Waals surface area (Å²) >= 11 is 0. The van der Waals surface area contributed by atoms with Crippen LogP contribution in [0.25, 0.3) is 0 Å². The van der Waals surface area contributed by atoms with Gasteiger partial charge in [0.05, 0.1) is 18.7 Å². The standard InChI is InChI=1S/C27H33N3O3/c1-8-33-23-12-18-14-30(25(29)19(18)9-17(23)13-28)15-22(31)16-10-20(26(2,3)4)24(32)21(11-16)27(5,6)7/h9-12,29,32H,8,14-15H2,1-7H3. The number of fused-ring (bicyclic) bond motifs is 1. The second-order valence-corrected chi connectivity index (χ2v) is 10.6. The number of hydrogen-bond donors (Lipinski definition) is 2. The lowest BCUT2D eigenvalue weighted by Crippen LogP contribution is -2.30. The van der Waals surface area contributed by atoms with E-state index < -0.39 is 0 Å². The Balaban J connectivity index is 1.94. The van der Waals surface area contributed by atoms with E-state index in [-0.39, 0.29) is 34.7 Å². The number of aromatic hydroxyl groups is 1. The second kappa shape index (κ2) is 8.55. The molecule has 6 heteroatoms. The van der Waals surface area contributed by atoms with Crippen molar-refractivity contribution in [2.75, 3.05) is 13.2 Å². The first-order chi connectivity index (χ1) is 15.3. The number of amidine groups is 1. The van der Waals surface area contributed by atoms with Crippen molar-refractivity contribution in [2.45, 2.75) is 65.8 Å². The van der Waals surface area contributed by atoms with Crippen LogP contribution in [0, 0.1) is 16.7 Å². The maximum atomic E-state index is 13.4. The van der Waals surface area contributed by atoms with Gasteiger partial charge >= 0.3 is 0 Å². The molecule has 1 aliphatic rings. The molecule has 0 bridgehead atoms. The molecule has 6 nitrogen and oxygen atoms in total. The highest BCUT2D eigenvalue weighted by Gasteiger charge is 2.31. The van der Waals surface area contributed by atoms with Gasteiger partial charge in [0.2, 0.25) is 0 Å². The molecule has 0 saturated heterocycles. The number of ketones is 1. The number of Topliss-reactive ketones (excluding diaryl/α,β-unsaturated/α-hetero) is 1. The van der Waals surface area contributed by atoms with Crippen LogP contribution in [-0.4, -0.2) is 34.8 Å². The Morgan fingerprint density at radius 2 is 1.70 bits per heavy atom. The van der Waals surface area contributed by atoms with Crippen LogP contribution in [0.1, 0.15) is 86.6 Å². The first-order valence-corrected chi connectivity index (χ1v) is 11.2. The number of phenols is 1. The number of nitriles is 1. The number of nitrogens with one attached hydrogen (secondary N) is 1. The van der Waals surface area contributed by atoms with E-state index in [9.17, 15) is 15.2 Å². The van der Waals surface area contributed by atoms with Crippen LogP contribution in [0.15, 0.2) is 24.3 Å². The summed E-state index contributed by atoms with van der Waals surface area (Å²) in [6.45, 7) is 14.8. The molecule has 3 rings (SSSR count). The summed E-state index contributed by atoms with van der Waals surface area (Å²) in [4.78, 5) is 15.1. The molecular formula is C27H33N3O3. The zero-order valence-corrected chi connectivity index (χ0v) is 20.6. The van der Waals surface area contributed by atoms with Crippen LogP contribution in [0.3, 0.4) is 0 Å². The van der Waals surface area contributed by atoms with Gasteiger partial charge in [0.15, 0.2) is 5.78 Å². The largest absolute Gasteiger partial charge is 0.507 e. The highest BCUT2D eigenvalue weighted by atomic mass is 16.5. The third-order valence-corrected chi connectivity index (χ3v) is 5.94. The van der Waals surface area contributed by atoms with Gasteiger partial charge < -0.3 is 14.7 Å². The number of nitrogens with zero attached hydrogens (tertiary/aromatic N) is 2. The molecule has 1 aliphatic heterocycles. The van der Waals surface area contributed by atoms with Crippen molar-refractivity contribution in [1.29, 1.82) is 10.7 Å². The molecule has 0 saturated carbocycles. The maximum absolute atomic E-state index is 13.4. The first kappa shape index (κ1) is 24.3. The highest BCUT2D eigenvalue weighted by Crippen LogP contribution is 2.40. The van der Waals surface area contributed by atoms with E-state index in [1.165, 1.54) is 0 Å². The van der Waals surface area contributed by atoms with Crippen LogP contribution in [0.5, 0.6) is 11.5 Å². The van der Waals surface area contributed by atoms with E-state index in [0.717, 1.165) is 16.7 Å². The third kappa shape index (κ3) is 4.73. The van der Waals surface area contributed by atoms with Crippen molar-refractivity contribution >= 4 is 11.6 Å². The van der Waals surface area contributed by atoms with Gasteiger partial charge in [0, 0.05) is 28.8 Å². The SMILES string of the molecule is CCOc1cc2c(cc1C#N)C(=N)N(CC(=O)c1cc(C(C)(C)C)c(O)c(C(C)(C)C)c1)C2. The van der Waals surface area contributed by atoms with Crippen molar-refractivity contribution in [3.05, 3.63) is 57.6 Å². The van der Waals surface area contributed by atoms with Crippen LogP contribution < -0.4 is 4.74 Å². The fraction of sp³-hybridized carbons (Fsp3) is 0.444. The van der Waals surface area contributed by atoms with Gasteiger partial charge in [0.25, 0.3) is 0 Å². The minimum atomic E-state index is -0.333. The van der Waals surface area contributed by atoms with Gasteiger partial charge in [-0.2, -0.15) is 5.26 Å². The number of hydrogen-bond acceptors (Lipinski definition) is 5. The van der Waals surface area contributed by atoms with E-state index in [1.807, 2.05) is 48.5 Å². The molecule has 0 radical (unpaired) electrons. The van der Waals surface area contributed by atoms with E-state index in [2.05, 4.69) is 6.07 Å². The molecule has 2 aromatic carbocycles. The first-order valence-electron chi connectivity index (χ1n) is 11.2. The van der Waals surface area contributed by atoms with E-state index >= 15 is 0 Å². The predicted octanol–water partition coefficient (Wildman–Crippen LogP) is 5.28. The summed E-state index contributed by atoms with van der Waals surface area (Å²) in [5.41, 5.74) is 3.23. The van der Waals surface area contributed by atoms with Gasteiger partial charge in [-0.15, -0.1) is 0 Å². The smallest absolute Gasteiger partial charge is 0.182 e. The summed E-state index contributed by atoms with van der Waals surface area (Å²) in [5.74, 6) is 0.848. The van der Waals surface area contributed by atoms with Gasteiger partial charge in [-0.3, -0.25) is 10.2 Å². The molecule has 0 amide bonds. The van der Waals surface area contributed by atoms with Crippen molar-refractivity contribution in [3.63, 3.8) is 0 Å².